The highest BCUT2D eigenvalue weighted by atomic mass is 19.4. The van der Waals surface area contributed by atoms with E-state index >= 15 is 0 Å². The van der Waals surface area contributed by atoms with Crippen LogP contribution in [0, 0.1) is 22.9 Å². The van der Waals surface area contributed by atoms with Crippen LogP contribution in [0.4, 0.5) is 13.2 Å². The van der Waals surface area contributed by atoms with Gasteiger partial charge in [-0.1, -0.05) is 55.5 Å². The molecule has 4 nitrogen and oxygen atoms in total. The van der Waals surface area contributed by atoms with Crippen LogP contribution in [0.1, 0.15) is 41.2 Å². The zero-order chi connectivity index (χ0) is 25.9. The van der Waals surface area contributed by atoms with Gasteiger partial charge in [0.25, 0.3) is 0 Å². The number of allylic oxidation sites excluding steroid dienone is 4. The minimum atomic E-state index is -4.40. The summed E-state index contributed by atoms with van der Waals surface area (Å²) < 4.78 is 39.1. The van der Waals surface area contributed by atoms with Gasteiger partial charge in [0.1, 0.15) is 0 Å². The predicted molar refractivity (Wildman–Crippen MR) is 135 cm³/mol. The lowest BCUT2D eigenvalue weighted by molar-refractivity contribution is -0.137. The Labute approximate surface area is 211 Å². The fraction of sp³-hybridized carbons (Fsp3) is 0.133. The van der Waals surface area contributed by atoms with Crippen LogP contribution in [0.25, 0.3) is 16.7 Å². The van der Waals surface area contributed by atoms with Crippen molar-refractivity contribution in [3.05, 3.63) is 112 Å². The SMILES string of the molecule is CC12CC3=C(C=C1C(=NC#N)c1ccccc12)c1ccc(-c2ccc(C(F)(F)F)cc2)cc1C3=NC#N. The standard InChI is InChI=1S/C30H17F3N4/c1-29-14-24-22(13-26(29)28(37-16-35)21-4-2-3-5-25(21)29)20-11-8-18(12-23(20)27(24)36-15-34)17-6-9-19(10-7-17)30(31,32)33/h2-13H,14H2,1H3. The van der Waals surface area contributed by atoms with Gasteiger partial charge in [-0.25, -0.2) is 0 Å². The lowest BCUT2D eigenvalue weighted by Gasteiger charge is -2.32. The molecule has 3 aliphatic rings. The number of nitrogens with zero attached hydrogens (tertiary/aromatic N) is 4. The van der Waals surface area contributed by atoms with E-state index in [0.29, 0.717) is 23.4 Å². The van der Waals surface area contributed by atoms with Crippen LogP contribution in [-0.4, -0.2) is 11.4 Å². The van der Waals surface area contributed by atoms with Crippen molar-refractivity contribution in [2.45, 2.75) is 24.9 Å². The Morgan fingerprint density at radius 3 is 2.19 bits per heavy atom. The first-order valence-corrected chi connectivity index (χ1v) is 11.6. The fourth-order valence-electron chi connectivity index (χ4n) is 5.79. The van der Waals surface area contributed by atoms with Crippen LogP contribution in [0.5, 0.6) is 0 Å². The molecule has 6 rings (SSSR count). The van der Waals surface area contributed by atoms with E-state index in [2.05, 4.69) is 16.9 Å². The molecule has 3 aromatic rings. The molecule has 0 fully saturated rings. The van der Waals surface area contributed by atoms with Crippen molar-refractivity contribution in [3.63, 3.8) is 0 Å². The van der Waals surface area contributed by atoms with Gasteiger partial charge in [0.2, 0.25) is 12.4 Å². The fourth-order valence-corrected chi connectivity index (χ4v) is 5.79. The molecule has 0 bridgehead atoms. The van der Waals surface area contributed by atoms with Crippen molar-refractivity contribution in [3.8, 4) is 23.5 Å². The van der Waals surface area contributed by atoms with Gasteiger partial charge in [-0.2, -0.15) is 33.7 Å². The Kier molecular flexibility index (Phi) is 4.83. The number of hydrogen-bond donors (Lipinski definition) is 0. The molecule has 0 radical (unpaired) electrons. The monoisotopic (exact) mass is 490 g/mol. The van der Waals surface area contributed by atoms with Gasteiger partial charge < -0.3 is 0 Å². The number of benzene rings is 3. The van der Waals surface area contributed by atoms with E-state index in [0.717, 1.165) is 56.7 Å². The normalized spacial score (nSPS) is 21.6. The Bertz CT molecular complexity index is 1710. The second kappa shape index (κ2) is 7.88. The van der Waals surface area contributed by atoms with Gasteiger partial charge in [-0.3, -0.25) is 0 Å². The van der Waals surface area contributed by atoms with Crippen molar-refractivity contribution in [2.24, 2.45) is 9.98 Å². The topological polar surface area (TPSA) is 72.3 Å². The minimum absolute atomic E-state index is 0.445. The number of aliphatic imine (C=N–C) groups is 2. The van der Waals surface area contributed by atoms with Crippen molar-refractivity contribution >= 4 is 17.0 Å². The van der Waals surface area contributed by atoms with Gasteiger partial charge in [0.15, 0.2) is 0 Å². The third kappa shape index (κ3) is 3.28. The lowest BCUT2D eigenvalue weighted by atomic mass is 9.71. The van der Waals surface area contributed by atoms with E-state index < -0.39 is 17.2 Å². The Morgan fingerprint density at radius 2 is 1.49 bits per heavy atom. The summed E-state index contributed by atoms with van der Waals surface area (Å²) in [4.78, 5) is 8.36. The summed E-state index contributed by atoms with van der Waals surface area (Å²) in [6, 6.07) is 18.6. The molecular weight excluding hydrogens is 473 g/mol. The lowest BCUT2D eigenvalue weighted by Crippen LogP contribution is -2.27. The van der Waals surface area contributed by atoms with Gasteiger partial charge in [-0.15, -0.1) is 0 Å². The number of rotatable bonds is 1. The van der Waals surface area contributed by atoms with E-state index in [1.807, 2.05) is 60.9 Å². The maximum Gasteiger partial charge on any atom is 0.416 e. The average molecular weight is 490 g/mol. The predicted octanol–water partition coefficient (Wildman–Crippen LogP) is 6.98. The Hall–Kier alpha value is -4.75. The van der Waals surface area contributed by atoms with Gasteiger partial charge in [0, 0.05) is 16.5 Å². The molecule has 0 aliphatic heterocycles. The smallest absolute Gasteiger partial charge is 0.173 e. The molecule has 3 aliphatic carbocycles. The molecule has 1 unspecified atom stereocenters. The van der Waals surface area contributed by atoms with Crippen molar-refractivity contribution in [2.75, 3.05) is 0 Å². The number of halogens is 3. The largest absolute Gasteiger partial charge is 0.416 e. The van der Waals surface area contributed by atoms with Crippen molar-refractivity contribution in [1.82, 2.24) is 0 Å². The van der Waals surface area contributed by atoms with Crippen LogP contribution in [0.3, 0.4) is 0 Å². The summed E-state index contributed by atoms with van der Waals surface area (Å²) in [7, 11) is 0. The first-order chi connectivity index (χ1) is 17.8. The van der Waals surface area contributed by atoms with E-state index in [1.54, 1.807) is 0 Å². The molecule has 0 aromatic heterocycles. The molecule has 178 valence electrons. The molecule has 7 heteroatoms. The quantitative estimate of drug-likeness (QED) is 0.345. The molecule has 37 heavy (non-hydrogen) atoms. The highest BCUT2D eigenvalue weighted by Crippen LogP contribution is 2.54. The van der Waals surface area contributed by atoms with E-state index in [4.69, 9.17) is 0 Å². The van der Waals surface area contributed by atoms with E-state index in [9.17, 15) is 23.7 Å². The Morgan fingerprint density at radius 1 is 0.811 bits per heavy atom. The summed E-state index contributed by atoms with van der Waals surface area (Å²) in [6.07, 6.45) is 2.08. The van der Waals surface area contributed by atoms with Crippen LogP contribution in [0.2, 0.25) is 0 Å². The maximum atomic E-state index is 13.0. The molecule has 1 atom stereocenters. The highest BCUT2D eigenvalue weighted by Gasteiger charge is 2.48. The molecular formula is C30H17F3N4. The molecule has 0 saturated carbocycles. The molecule has 0 N–H and O–H groups in total. The summed E-state index contributed by atoms with van der Waals surface area (Å²) in [6.45, 7) is 2.11. The number of fused-ring (bicyclic) bond motifs is 5. The number of alkyl halides is 3. The van der Waals surface area contributed by atoms with Crippen LogP contribution in [0.15, 0.2) is 93.9 Å². The highest BCUT2D eigenvalue weighted by molar-refractivity contribution is 6.29. The third-order valence-corrected chi connectivity index (χ3v) is 7.49. The van der Waals surface area contributed by atoms with Gasteiger partial charge >= 0.3 is 6.18 Å². The summed E-state index contributed by atoms with van der Waals surface area (Å²) >= 11 is 0. The molecule has 0 heterocycles. The molecule has 3 aromatic carbocycles. The van der Waals surface area contributed by atoms with Gasteiger partial charge in [0.05, 0.1) is 17.0 Å². The molecule has 0 amide bonds. The van der Waals surface area contributed by atoms with Crippen LogP contribution in [-0.2, 0) is 11.6 Å². The van der Waals surface area contributed by atoms with Crippen molar-refractivity contribution in [1.29, 1.82) is 10.5 Å². The average Bonchev–Trinajstić information content (AvgIpc) is 3.31. The second-order valence-corrected chi connectivity index (χ2v) is 9.46. The molecule has 0 saturated heterocycles. The zero-order valence-corrected chi connectivity index (χ0v) is 19.6. The Balaban J connectivity index is 1.49. The number of nitriles is 2. The van der Waals surface area contributed by atoms with E-state index in [-0.39, 0.29) is 0 Å². The summed E-state index contributed by atoms with van der Waals surface area (Å²) in [5.74, 6) is 0. The minimum Gasteiger partial charge on any atom is -0.173 e. The second-order valence-electron chi connectivity index (χ2n) is 9.46. The third-order valence-electron chi connectivity index (χ3n) is 7.49. The zero-order valence-electron chi connectivity index (χ0n) is 19.6. The van der Waals surface area contributed by atoms with E-state index in [1.165, 1.54) is 12.1 Å². The van der Waals surface area contributed by atoms with Gasteiger partial charge in [-0.05, 0) is 69.7 Å². The van der Waals surface area contributed by atoms with Crippen LogP contribution < -0.4 is 0 Å². The number of hydrogen-bond acceptors (Lipinski definition) is 4. The summed E-state index contributed by atoms with van der Waals surface area (Å²) in [5.41, 5.74) is 7.89. The first-order valence-electron chi connectivity index (χ1n) is 11.6. The summed E-state index contributed by atoms with van der Waals surface area (Å²) in [5, 5.41) is 18.9. The maximum absolute atomic E-state index is 13.0. The van der Waals surface area contributed by atoms with Crippen molar-refractivity contribution < 1.29 is 13.2 Å². The first kappa shape index (κ1) is 22.7. The molecule has 0 spiro atoms. The van der Waals surface area contributed by atoms with Crippen LogP contribution >= 0.6 is 0 Å².